The van der Waals surface area contributed by atoms with Gasteiger partial charge < -0.3 is 18.9 Å². The summed E-state index contributed by atoms with van der Waals surface area (Å²) >= 11 is 0. The lowest BCUT2D eigenvalue weighted by Crippen LogP contribution is -2.27. The fraction of sp³-hybridized carbons (Fsp3) is 0.357. The minimum atomic E-state index is -1.05. The molecule has 0 spiro atoms. The summed E-state index contributed by atoms with van der Waals surface area (Å²) < 4.78 is 10.2. The zero-order chi connectivity index (χ0) is 15.6. The Hall–Kier alpha value is -2.57. The van der Waals surface area contributed by atoms with Crippen LogP contribution in [0.3, 0.4) is 0 Å². The summed E-state index contributed by atoms with van der Waals surface area (Å²) in [5.41, 5.74) is 0.671. The molecular formula is C14H16N2O5. The lowest BCUT2D eigenvalue weighted by atomic mass is 10.2. The predicted molar refractivity (Wildman–Crippen MR) is 71.8 cm³/mol. The second-order valence-corrected chi connectivity index (χ2v) is 4.84. The van der Waals surface area contributed by atoms with Crippen LogP contribution in [0.1, 0.15) is 33.3 Å². The van der Waals surface area contributed by atoms with Crippen LogP contribution in [-0.2, 0) is 17.8 Å². The summed E-state index contributed by atoms with van der Waals surface area (Å²) in [6, 6.07) is 3.13. The Balaban J connectivity index is 2.00. The molecule has 0 saturated carbocycles. The van der Waals surface area contributed by atoms with Crippen LogP contribution in [0.5, 0.6) is 0 Å². The van der Waals surface area contributed by atoms with Gasteiger partial charge in [-0.2, -0.15) is 0 Å². The number of rotatable bonds is 5. The van der Waals surface area contributed by atoms with Crippen molar-refractivity contribution in [2.45, 2.75) is 26.8 Å². The number of carbonyl (C=O) groups excluding carboxylic acids is 1. The third kappa shape index (κ3) is 3.50. The van der Waals surface area contributed by atoms with Gasteiger partial charge in [-0.1, -0.05) is 5.16 Å². The molecule has 112 valence electrons. The van der Waals surface area contributed by atoms with Crippen molar-refractivity contribution in [2.75, 3.05) is 7.05 Å². The maximum absolute atomic E-state index is 12.0. The number of amides is 1. The van der Waals surface area contributed by atoms with E-state index in [0.717, 1.165) is 0 Å². The summed E-state index contributed by atoms with van der Waals surface area (Å²) in [5.74, 6) is 0.194. The van der Waals surface area contributed by atoms with Gasteiger partial charge in [-0.25, -0.2) is 4.79 Å². The number of hydrogen-bond donors (Lipinski definition) is 1. The average Bonchev–Trinajstić information content (AvgIpc) is 2.95. The molecule has 7 nitrogen and oxygen atoms in total. The summed E-state index contributed by atoms with van der Waals surface area (Å²) in [4.78, 5) is 24.4. The first-order valence-corrected chi connectivity index (χ1v) is 6.35. The second-order valence-electron chi connectivity index (χ2n) is 4.84. The molecule has 0 atom stereocenters. The molecule has 2 rings (SSSR count). The van der Waals surface area contributed by atoms with E-state index in [4.69, 9.17) is 14.0 Å². The Labute approximate surface area is 121 Å². The summed E-state index contributed by atoms with van der Waals surface area (Å²) in [6.45, 7) is 3.53. The van der Waals surface area contributed by atoms with Crippen LogP contribution in [0, 0.1) is 13.8 Å². The van der Waals surface area contributed by atoms with E-state index in [1.165, 1.54) is 11.0 Å². The van der Waals surface area contributed by atoms with Crippen LogP contribution < -0.4 is 0 Å². The van der Waals surface area contributed by atoms with Gasteiger partial charge in [0.2, 0.25) is 5.91 Å². The Kier molecular flexibility index (Phi) is 4.11. The Morgan fingerprint density at radius 1 is 1.33 bits per heavy atom. The number of nitrogens with zero attached hydrogens (tertiary/aromatic N) is 2. The highest BCUT2D eigenvalue weighted by Gasteiger charge is 2.17. The number of carboxylic acid groups (broad SMARTS) is 1. The number of aryl methyl sites for hydroxylation is 2. The molecule has 0 aliphatic heterocycles. The molecule has 2 aromatic heterocycles. The highest BCUT2D eigenvalue weighted by Crippen LogP contribution is 2.16. The van der Waals surface area contributed by atoms with E-state index in [1.807, 2.05) is 0 Å². The molecule has 0 aromatic carbocycles. The standard InChI is InChI=1S/C14H16N2O5/c1-8-4-10(15-21-8)5-13(17)16(3)7-11-6-12(14(18)19)9(2)20-11/h4,6H,5,7H2,1-3H3,(H,18,19). The normalized spacial score (nSPS) is 10.6. The quantitative estimate of drug-likeness (QED) is 0.902. The van der Waals surface area contributed by atoms with Crippen molar-refractivity contribution in [2.24, 2.45) is 0 Å². The molecule has 0 unspecified atom stereocenters. The van der Waals surface area contributed by atoms with Gasteiger partial charge in [0.05, 0.1) is 18.7 Å². The van der Waals surface area contributed by atoms with Gasteiger partial charge in [0.1, 0.15) is 22.8 Å². The lowest BCUT2D eigenvalue weighted by Gasteiger charge is -2.14. The first-order valence-electron chi connectivity index (χ1n) is 6.35. The van der Waals surface area contributed by atoms with Crippen molar-refractivity contribution >= 4 is 11.9 Å². The zero-order valence-electron chi connectivity index (χ0n) is 12.0. The van der Waals surface area contributed by atoms with Crippen LogP contribution in [0.15, 0.2) is 21.1 Å². The van der Waals surface area contributed by atoms with Crippen molar-refractivity contribution < 1.29 is 23.6 Å². The van der Waals surface area contributed by atoms with Gasteiger partial charge in [0.15, 0.2) is 0 Å². The van der Waals surface area contributed by atoms with Gasteiger partial charge in [-0.3, -0.25) is 4.79 Å². The van der Waals surface area contributed by atoms with Crippen molar-refractivity contribution in [1.29, 1.82) is 0 Å². The van der Waals surface area contributed by atoms with E-state index in [-0.39, 0.29) is 24.4 Å². The van der Waals surface area contributed by atoms with Crippen LogP contribution in [0.2, 0.25) is 0 Å². The number of hydrogen-bond acceptors (Lipinski definition) is 5. The van der Waals surface area contributed by atoms with Gasteiger partial charge in [0.25, 0.3) is 0 Å². The van der Waals surface area contributed by atoms with Crippen molar-refractivity contribution in [1.82, 2.24) is 10.1 Å². The van der Waals surface area contributed by atoms with Gasteiger partial charge in [-0.15, -0.1) is 0 Å². The molecule has 7 heteroatoms. The number of aromatic carboxylic acids is 1. The third-order valence-electron chi connectivity index (χ3n) is 3.03. The minimum absolute atomic E-state index is 0.109. The fourth-order valence-corrected chi connectivity index (χ4v) is 1.95. The first-order chi connectivity index (χ1) is 9.86. The largest absolute Gasteiger partial charge is 0.478 e. The van der Waals surface area contributed by atoms with Crippen LogP contribution >= 0.6 is 0 Å². The van der Waals surface area contributed by atoms with E-state index < -0.39 is 5.97 Å². The molecule has 0 radical (unpaired) electrons. The molecule has 2 aromatic rings. The third-order valence-corrected chi connectivity index (χ3v) is 3.03. The molecule has 0 saturated heterocycles. The average molecular weight is 292 g/mol. The van der Waals surface area contributed by atoms with Crippen molar-refractivity contribution in [3.05, 3.63) is 40.7 Å². The Morgan fingerprint density at radius 3 is 2.57 bits per heavy atom. The van der Waals surface area contributed by atoms with E-state index in [1.54, 1.807) is 27.0 Å². The molecular weight excluding hydrogens is 276 g/mol. The van der Waals surface area contributed by atoms with Crippen molar-refractivity contribution in [3.63, 3.8) is 0 Å². The molecule has 0 fully saturated rings. The van der Waals surface area contributed by atoms with E-state index >= 15 is 0 Å². The molecule has 0 bridgehead atoms. The number of likely N-dealkylation sites (N-methyl/N-ethyl adjacent to an activating group) is 1. The number of carbonyl (C=O) groups is 2. The summed E-state index contributed by atoms with van der Waals surface area (Å²) in [6.07, 6.45) is 0.124. The maximum atomic E-state index is 12.0. The Morgan fingerprint density at radius 2 is 2.05 bits per heavy atom. The highest BCUT2D eigenvalue weighted by molar-refractivity contribution is 5.88. The van der Waals surface area contributed by atoms with E-state index in [2.05, 4.69) is 5.16 Å². The van der Waals surface area contributed by atoms with Crippen LogP contribution in [0.25, 0.3) is 0 Å². The minimum Gasteiger partial charge on any atom is -0.478 e. The second kappa shape index (κ2) is 5.82. The summed E-state index contributed by atoms with van der Waals surface area (Å²) in [5, 5.41) is 12.7. The number of furan rings is 1. The van der Waals surface area contributed by atoms with Crippen molar-refractivity contribution in [3.8, 4) is 0 Å². The maximum Gasteiger partial charge on any atom is 0.339 e. The first kappa shape index (κ1) is 14.8. The highest BCUT2D eigenvalue weighted by atomic mass is 16.5. The molecule has 21 heavy (non-hydrogen) atoms. The monoisotopic (exact) mass is 292 g/mol. The molecule has 1 amide bonds. The topological polar surface area (TPSA) is 96.8 Å². The van der Waals surface area contributed by atoms with Gasteiger partial charge >= 0.3 is 5.97 Å². The lowest BCUT2D eigenvalue weighted by molar-refractivity contribution is -0.130. The van der Waals surface area contributed by atoms with Gasteiger partial charge in [-0.05, 0) is 19.9 Å². The zero-order valence-corrected chi connectivity index (χ0v) is 12.0. The van der Waals surface area contributed by atoms with E-state index in [0.29, 0.717) is 23.0 Å². The van der Waals surface area contributed by atoms with Gasteiger partial charge in [0, 0.05) is 13.1 Å². The molecule has 0 aliphatic rings. The van der Waals surface area contributed by atoms with Crippen LogP contribution in [0.4, 0.5) is 0 Å². The molecule has 0 aliphatic carbocycles. The smallest absolute Gasteiger partial charge is 0.339 e. The molecule has 1 N–H and O–H groups in total. The Bertz CT molecular complexity index is 671. The summed E-state index contributed by atoms with van der Waals surface area (Å²) in [7, 11) is 1.62. The number of carboxylic acids is 1. The molecule has 2 heterocycles. The van der Waals surface area contributed by atoms with E-state index in [9.17, 15) is 9.59 Å². The number of aromatic nitrogens is 1. The fourth-order valence-electron chi connectivity index (χ4n) is 1.95. The SMILES string of the molecule is Cc1cc(CC(=O)N(C)Cc2cc(C(=O)O)c(C)o2)no1. The van der Waals surface area contributed by atoms with Crippen LogP contribution in [-0.4, -0.2) is 34.1 Å². The predicted octanol–water partition coefficient (Wildman–Crippen LogP) is 1.78.